The SMILES string of the molecule is COC(=O)CC[C@@H](NC(=O)c1c[nH]c(=O)cn1)C(=O)O. The second kappa shape index (κ2) is 7.02. The van der Waals surface area contributed by atoms with E-state index in [0.717, 1.165) is 12.4 Å². The van der Waals surface area contributed by atoms with Gasteiger partial charge in [0.15, 0.2) is 0 Å². The molecule has 0 aliphatic carbocycles. The zero-order valence-electron chi connectivity index (χ0n) is 10.6. The molecule has 1 aromatic heterocycles. The van der Waals surface area contributed by atoms with Crippen LogP contribution in [0.1, 0.15) is 23.3 Å². The van der Waals surface area contributed by atoms with Crippen molar-refractivity contribution >= 4 is 17.8 Å². The highest BCUT2D eigenvalue weighted by molar-refractivity contribution is 5.94. The van der Waals surface area contributed by atoms with E-state index in [0.29, 0.717) is 0 Å². The normalized spacial score (nSPS) is 11.4. The number of methoxy groups -OCH3 is 1. The lowest BCUT2D eigenvalue weighted by Crippen LogP contribution is -2.41. The zero-order chi connectivity index (χ0) is 15.1. The molecule has 0 unspecified atom stereocenters. The van der Waals surface area contributed by atoms with Crippen LogP contribution in [-0.4, -0.2) is 46.1 Å². The lowest BCUT2D eigenvalue weighted by Gasteiger charge is -2.13. The van der Waals surface area contributed by atoms with Crippen LogP contribution in [0.15, 0.2) is 17.2 Å². The first-order valence-corrected chi connectivity index (χ1v) is 5.59. The number of nitrogens with zero attached hydrogens (tertiary/aromatic N) is 1. The largest absolute Gasteiger partial charge is 0.480 e. The van der Waals surface area contributed by atoms with Gasteiger partial charge in [-0.05, 0) is 6.42 Å². The average Bonchev–Trinajstić information content (AvgIpc) is 2.43. The summed E-state index contributed by atoms with van der Waals surface area (Å²) < 4.78 is 4.39. The number of H-pyrrole nitrogens is 1. The maximum Gasteiger partial charge on any atom is 0.326 e. The van der Waals surface area contributed by atoms with E-state index in [9.17, 15) is 19.2 Å². The van der Waals surface area contributed by atoms with E-state index >= 15 is 0 Å². The van der Waals surface area contributed by atoms with Gasteiger partial charge in [-0.3, -0.25) is 14.4 Å². The minimum Gasteiger partial charge on any atom is -0.480 e. The molecule has 9 heteroatoms. The van der Waals surface area contributed by atoms with Crippen molar-refractivity contribution in [1.82, 2.24) is 15.3 Å². The molecule has 9 nitrogen and oxygen atoms in total. The van der Waals surface area contributed by atoms with Crippen LogP contribution in [0, 0.1) is 0 Å². The first-order valence-electron chi connectivity index (χ1n) is 5.59. The summed E-state index contributed by atoms with van der Waals surface area (Å²) >= 11 is 0. The van der Waals surface area contributed by atoms with Crippen LogP contribution in [0.3, 0.4) is 0 Å². The van der Waals surface area contributed by atoms with E-state index in [-0.39, 0.29) is 18.5 Å². The third kappa shape index (κ3) is 4.52. The highest BCUT2D eigenvalue weighted by Crippen LogP contribution is 2.01. The molecule has 0 saturated heterocycles. The third-order valence-electron chi connectivity index (χ3n) is 2.37. The van der Waals surface area contributed by atoms with Gasteiger partial charge in [-0.2, -0.15) is 0 Å². The molecule has 0 aliphatic heterocycles. The van der Waals surface area contributed by atoms with Gasteiger partial charge in [0.1, 0.15) is 11.7 Å². The average molecular weight is 283 g/mol. The number of carboxylic acids is 1. The highest BCUT2D eigenvalue weighted by Gasteiger charge is 2.22. The molecule has 3 N–H and O–H groups in total. The Labute approximate surface area is 113 Å². The topological polar surface area (TPSA) is 138 Å². The molecule has 1 heterocycles. The Morgan fingerprint density at radius 1 is 1.50 bits per heavy atom. The van der Waals surface area contributed by atoms with Gasteiger partial charge >= 0.3 is 11.9 Å². The molecular formula is C11H13N3O6. The van der Waals surface area contributed by atoms with Crippen LogP contribution in [-0.2, 0) is 14.3 Å². The third-order valence-corrected chi connectivity index (χ3v) is 2.37. The maximum atomic E-state index is 11.7. The standard InChI is InChI=1S/C11H13N3O6/c1-20-9(16)3-2-6(11(18)19)14-10(17)7-4-13-8(15)5-12-7/h4-6H,2-3H2,1H3,(H,13,15)(H,14,17)(H,18,19)/t6-/m1/s1. The molecule has 0 aliphatic rings. The summed E-state index contributed by atoms with van der Waals surface area (Å²) in [5.74, 6) is -2.63. The molecule has 0 fully saturated rings. The van der Waals surface area contributed by atoms with Crippen LogP contribution in [0.25, 0.3) is 0 Å². The number of aliphatic carboxylic acids is 1. The van der Waals surface area contributed by atoms with E-state index in [4.69, 9.17) is 5.11 Å². The van der Waals surface area contributed by atoms with Gasteiger partial charge in [0.25, 0.3) is 11.5 Å². The molecule has 0 saturated carbocycles. The summed E-state index contributed by atoms with van der Waals surface area (Å²) in [4.78, 5) is 50.2. The summed E-state index contributed by atoms with van der Waals surface area (Å²) in [5, 5.41) is 11.2. The van der Waals surface area contributed by atoms with Crippen molar-refractivity contribution in [3.63, 3.8) is 0 Å². The van der Waals surface area contributed by atoms with Gasteiger partial charge in [0, 0.05) is 12.6 Å². The van der Waals surface area contributed by atoms with Crippen molar-refractivity contribution < 1.29 is 24.2 Å². The summed E-state index contributed by atoms with van der Waals surface area (Å²) in [6.45, 7) is 0. The molecule has 108 valence electrons. The second-order valence-electron chi connectivity index (χ2n) is 3.78. The Morgan fingerprint density at radius 3 is 2.70 bits per heavy atom. The fourth-order valence-corrected chi connectivity index (χ4v) is 1.32. The molecule has 20 heavy (non-hydrogen) atoms. The van der Waals surface area contributed by atoms with Crippen molar-refractivity contribution in [2.45, 2.75) is 18.9 Å². The summed E-state index contributed by atoms with van der Waals surface area (Å²) in [5.41, 5.74) is -0.615. The van der Waals surface area contributed by atoms with E-state index in [1.54, 1.807) is 0 Å². The van der Waals surface area contributed by atoms with Gasteiger partial charge < -0.3 is 20.1 Å². The summed E-state index contributed by atoms with van der Waals surface area (Å²) in [7, 11) is 1.18. The molecule has 0 bridgehead atoms. The van der Waals surface area contributed by atoms with Crippen LogP contribution < -0.4 is 10.9 Å². The molecular weight excluding hydrogens is 270 g/mol. The lowest BCUT2D eigenvalue weighted by atomic mass is 10.1. The van der Waals surface area contributed by atoms with Crippen LogP contribution in [0.4, 0.5) is 0 Å². The first-order chi connectivity index (χ1) is 9.43. The van der Waals surface area contributed by atoms with Crippen molar-refractivity contribution in [3.05, 3.63) is 28.4 Å². The Kier molecular flexibility index (Phi) is 5.39. The molecule has 0 aromatic carbocycles. The van der Waals surface area contributed by atoms with E-state index in [1.807, 2.05) is 0 Å². The van der Waals surface area contributed by atoms with Gasteiger partial charge in [0.05, 0.1) is 13.3 Å². The predicted octanol–water partition coefficient (Wildman–Crippen LogP) is -1.09. The number of hydrogen-bond donors (Lipinski definition) is 3. The van der Waals surface area contributed by atoms with Crippen LogP contribution in [0.5, 0.6) is 0 Å². The molecule has 0 spiro atoms. The number of esters is 1. The smallest absolute Gasteiger partial charge is 0.326 e. The zero-order valence-corrected chi connectivity index (χ0v) is 10.6. The number of ether oxygens (including phenoxy) is 1. The van der Waals surface area contributed by atoms with E-state index in [2.05, 4.69) is 20.0 Å². The molecule has 1 rings (SSSR count). The fraction of sp³-hybridized carbons (Fsp3) is 0.364. The number of hydrogen-bond acceptors (Lipinski definition) is 6. The Bertz CT molecular complexity index is 547. The number of carbonyl (C=O) groups is 3. The van der Waals surface area contributed by atoms with Gasteiger partial charge in [-0.25, -0.2) is 9.78 Å². The Hall–Kier alpha value is -2.71. The van der Waals surface area contributed by atoms with Gasteiger partial charge in [0.2, 0.25) is 0 Å². The van der Waals surface area contributed by atoms with Gasteiger partial charge in [-0.1, -0.05) is 0 Å². The minimum absolute atomic E-state index is 0.114. The summed E-state index contributed by atoms with van der Waals surface area (Å²) in [6, 6.07) is -1.25. The van der Waals surface area contributed by atoms with Crippen molar-refractivity contribution in [2.75, 3.05) is 7.11 Å². The van der Waals surface area contributed by atoms with Crippen molar-refractivity contribution in [1.29, 1.82) is 0 Å². The minimum atomic E-state index is -1.29. The predicted molar refractivity (Wildman–Crippen MR) is 65.0 cm³/mol. The van der Waals surface area contributed by atoms with E-state index < -0.39 is 29.4 Å². The highest BCUT2D eigenvalue weighted by atomic mass is 16.5. The summed E-state index contributed by atoms with van der Waals surface area (Å²) in [6.07, 6.45) is 1.71. The number of aromatic nitrogens is 2. The van der Waals surface area contributed by atoms with Crippen molar-refractivity contribution in [2.24, 2.45) is 0 Å². The fourth-order valence-electron chi connectivity index (χ4n) is 1.32. The molecule has 0 radical (unpaired) electrons. The second-order valence-corrected chi connectivity index (χ2v) is 3.78. The van der Waals surface area contributed by atoms with Gasteiger partial charge in [-0.15, -0.1) is 0 Å². The molecule has 1 amide bonds. The maximum absolute atomic E-state index is 11.7. The number of amides is 1. The molecule has 1 atom stereocenters. The van der Waals surface area contributed by atoms with E-state index in [1.165, 1.54) is 7.11 Å². The molecule has 1 aromatic rings. The number of nitrogens with one attached hydrogen (secondary N) is 2. The number of carboxylic acid groups (broad SMARTS) is 1. The first kappa shape index (κ1) is 15.3. The Balaban J connectivity index is 2.67. The lowest BCUT2D eigenvalue weighted by molar-refractivity contribution is -0.142. The quantitative estimate of drug-likeness (QED) is 0.563. The number of rotatable bonds is 6. The number of aromatic amines is 1. The van der Waals surface area contributed by atoms with Crippen molar-refractivity contribution in [3.8, 4) is 0 Å². The number of carbonyl (C=O) groups excluding carboxylic acids is 2. The van der Waals surface area contributed by atoms with Crippen LogP contribution >= 0.6 is 0 Å². The monoisotopic (exact) mass is 283 g/mol. The Morgan fingerprint density at radius 2 is 2.20 bits per heavy atom. The van der Waals surface area contributed by atoms with Crippen LogP contribution in [0.2, 0.25) is 0 Å².